The lowest BCUT2D eigenvalue weighted by Gasteiger charge is -2.37. The average molecular weight is 343 g/mol. The van der Waals surface area contributed by atoms with Crippen molar-refractivity contribution in [1.29, 1.82) is 0 Å². The minimum atomic E-state index is -4.46. The molecule has 0 radical (unpaired) electrons. The van der Waals surface area contributed by atoms with Crippen molar-refractivity contribution in [3.8, 4) is 0 Å². The van der Waals surface area contributed by atoms with E-state index in [0.29, 0.717) is 0 Å². The number of rotatable bonds is 4. The van der Waals surface area contributed by atoms with E-state index < -0.39 is 35.1 Å². The summed E-state index contributed by atoms with van der Waals surface area (Å²) in [7, 11) is 0. The number of benzene rings is 1. The summed E-state index contributed by atoms with van der Waals surface area (Å²) in [5, 5.41) is 4.85. The van der Waals surface area contributed by atoms with Crippen molar-refractivity contribution in [3.05, 3.63) is 35.4 Å². The Morgan fingerprint density at radius 2 is 1.96 bits per heavy atom. The van der Waals surface area contributed by atoms with E-state index in [1.165, 1.54) is 19.1 Å². The molecule has 1 unspecified atom stereocenters. The number of alkyl halides is 3. The molecule has 5 nitrogen and oxygen atoms in total. The van der Waals surface area contributed by atoms with Crippen molar-refractivity contribution < 1.29 is 22.8 Å². The van der Waals surface area contributed by atoms with Crippen molar-refractivity contribution in [3.63, 3.8) is 0 Å². The molecule has 0 aromatic heterocycles. The predicted molar refractivity (Wildman–Crippen MR) is 81.8 cm³/mol. The Labute approximate surface area is 137 Å². The maximum Gasteiger partial charge on any atom is 0.416 e. The first-order valence-electron chi connectivity index (χ1n) is 7.65. The zero-order chi connectivity index (χ0) is 18.0. The molecule has 4 N–H and O–H groups in total. The monoisotopic (exact) mass is 343 g/mol. The summed E-state index contributed by atoms with van der Waals surface area (Å²) in [5.74, 6) is -1.74. The molecule has 0 bridgehead atoms. The van der Waals surface area contributed by atoms with Gasteiger partial charge in [0.15, 0.2) is 0 Å². The van der Waals surface area contributed by atoms with Crippen LogP contribution in [0.3, 0.4) is 0 Å². The van der Waals surface area contributed by atoms with Gasteiger partial charge in [0.05, 0.1) is 11.6 Å². The Morgan fingerprint density at radius 3 is 2.50 bits per heavy atom. The van der Waals surface area contributed by atoms with E-state index in [9.17, 15) is 22.8 Å². The fourth-order valence-corrected chi connectivity index (χ4v) is 2.47. The minimum absolute atomic E-state index is 0.206. The Hall–Kier alpha value is -2.09. The molecule has 0 aliphatic heterocycles. The predicted octanol–water partition coefficient (Wildman–Crippen LogP) is 1.88. The number of nitrogens with two attached hydrogens (primary N) is 1. The molecule has 1 aromatic rings. The van der Waals surface area contributed by atoms with Crippen molar-refractivity contribution in [2.45, 2.75) is 43.9 Å². The molecule has 0 heterocycles. The second-order valence-electron chi connectivity index (χ2n) is 6.22. The second-order valence-corrected chi connectivity index (χ2v) is 6.22. The lowest BCUT2D eigenvalue weighted by molar-refractivity contribution is -0.139. The molecule has 1 saturated carbocycles. The number of hydrogen-bond acceptors (Lipinski definition) is 3. The lowest BCUT2D eigenvalue weighted by atomic mass is 9.78. The number of halogens is 3. The van der Waals surface area contributed by atoms with Gasteiger partial charge in [-0.1, -0.05) is 12.1 Å². The van der Waals surface area contributed by atoms with Crippen LogP contribution in [0.2, 0.25) is 0 Å². The van der Waals surface area contributed by atoms with Crippen molar-refractivity contribution in [1.82, 2.24) is 10.6 Å². The average Bonchev–Trinajstić information content (AvgIpc) is 2.49. The van der Waals surface area contributed by atoms with Gasteiger partial charge in [0.25, 0.3) is 0 Å². The summed E-state index contributed by atoms with van der Waals surface area (Å²) in [6.45, 7) is 1.72. The first-order chi connectivity index (χ1) is 11.1. The van der Waals surface area contributed by atoms with Crippen LogP contribution in [0.1, 0.15) is 43.4 Å². The molecule has 0 saturated heterocycles. The van der Waals surface area contributed by atoms with Crippen LogP contribution in [0.15, 0.2) is 24.3 Å². The largest absolute Gasteiger partial charge is 0.416 e. The quantitative estimate of drug-likeness (QED) is 0.730. The van der Waals surface area contributed by atoms with E-state index in [1.807, 2.05) is 0 Å². The third-order valence-corrected chi connectivity index (χ3v) is 4.22. The van der Waals surface area contributed by atoms with E-state index in [0.717, 1.165) is 31.4 Å². The van der Waals surface area contributed by atoms with Gasteiger partial charge < -0.3 is 16.4 Å². The van der Waals surface area contributed by atoms with Crippen LogP contribution in [0.4, 0.5) is 13.2 Å². The summed E-state index contributed by atoms with van der Waals surface area (Å²) in [6.07, 6.45) is -1.90. The number of carbonyl (C=O) groups is 2. The number of carbonyl (C=O) groups excluding carboxylic acids is 2. The van der Waals surface area contributed by atoms with Gasteiger partial charge in [0.2, 0.25) is 0 Å². The molecule has 1 atom stereocenters. The molecule has 0 spiro atoms. The van der Waals surface area contributed by atoms with Crippen LogP contribution in [0.25, 0.3) is 0 Å². The number of nitrogens with one attached hydrogen (secondary N) is 2. The van der Waals surface area contributed by atoms with Crippen LogP contribution >= 0.6 is 0 Å². The Balaban J connectivity index is 1.92. The van der Waals surface area contributed by atoms with Gasteiger partial charge in [-0.3, -0.25) is 9.59 Å². The van der Waals surface area contributed by atoms with E-state index in [-0.39, 0.29) is 12.1 Å². The van der Waals surface area contributed by atoms with Gasteiger partial charge in [0, 0.05) is 12.1 Å². The number of amides is 2. The van der Waals surface area contributed by atoms with Crippen LogP contribution in [0.5, 0.6) is 0 Å². The SMILES string of the molecule is CC(NC(=O)C(=O)NCC1(N)CCC1)c1cccc(C(F)(F)F)c1. The van der Waals surface area contributed by atoms with Gasteiger partial charge >= 0.3 is 18.0 Å². The third-order valence-electron chi connectivity index (χ3n) is 4.22. The highest BCUT2D eigenvalue weighted by Crippen LogP contribution is 2.30. The summed E-state index contributed by atoms with van der Waals surface area (Å²) < 4.78 is 38.1. The highest BCUT2D eigenvalue weighted by molar-refractivity contribution is 6.35. The van der Waals surface area contributed by atoms with Gasteiger partial charge in [-0.15, -0.1) is 0 Å². The summed E-state index contributed by atoms with van der Waals surface area (Å²) >= 11 is 0. The molecule has 1 fully saturated rings. The maximum absolute atomic E-state index is 12.7. The zero-order valence-electron chi connectivity index (χ0n) is 13.2. The zero-order valence-corrected chi connectivity index (χ0v) is 13.2. The maximum atomic E-state index is 12.7. The molecule has 1 aliphatic rings. The van der Waals surface area contributed by atoms with Crippen LogP contribution in [0, 0.1) is 0 Å². The first kappa shape index (κ1) is 18.3. The van der Waals surface area contributed by atoms with E-state index in [2.05, 4.69) is 10.6 Å². The standard InChI is InChI=1S/C16H20F3N3O2/c1-10(11-4-2-5-12(8-11)16(17,18)19)22-14(24)13(23)21-9-15(20)6-3-7-15/h2,4-5,8,10H,3,6-7,9,20H2,1H3,(H,21,23)(H,22,24). The van der Waals surface area contributed by atoms with E-state index in [4.69, 9.17) is 5.73 Å². The molecular formula is C16H20F3N3O2. The number of hydrogen-bond donors (Lipinski definition) is 3. The van der Waals surface area contributed by atoms with E-state index >= 15 is 0 Å². The van der Waals surface area contributed by atoms with Crippen LogP contribution < -0.4 is 16.4 Å². The molecule has 1 aromatic carbocycles. The van der Waals surface area contributed by atoms with E-state index in [1.54, 1.807) is 0 Å². The van der Waals surface area contributed by atoms with Crippen LogP contribution in [-0.2, 0) is 15.8 Å². The fourth-order valence-electron chi connectivity index (χ4n) is 2.47. The van der Waals surface area contributed by atoms with Gasteiger partial charge in [-0.2, -0.15) is 13.2 Å². The molecule has 8 heteroatoms. The summed E-state index contributed by atoms with van der Waals surface area (Å²) in [4.78, 5) is 23.6. The third kappa shape index (κ3) is 4.47. The van der Waals surface area contributed by atoms with Crippen molar-refractivity contribution >= 4 is 11.8 Å². The van der Waals surface area contributed by atoms with Gasteiger partial charge in [-0.25, -0.2) is 0 Å². The normalized spacial score (nSPS) is 17.5. The molecule has 132 valence electrons. The van der Waals surface area contributed by atoms with Gasteiger partial charge in [0.1, 0.15) is 0 Å². The van der Waals surface area contributed by atoms with Crippen LogP contribution in [-0.4, -0.2) is 23.9 Å². The minimum Gasteiger partial charge on any atom is -0.346 e. The molecule has 1 aliphatic carbocycles. The Morgan fingerprint density at radius 1 is 1.29 bits per heavy atom. The topological polar surface area (TPSA) is 84.2 Å². The van der Waals surface area contributed by atoms with Gasteiger partial charge in [-0.05, 0) is 43.9 Å². The molecule has 24 heavy (non-hydrogen) atoms. The first-order valence-corrected chi connectivity index (χ1v) is 7.65. The smallest absolute Gasteiger partial charge is 0.346 e. The summed E-state index contributed by atoms with van der Waals surface area (Å²) in [6, 6.07) is 3.88. The van der Waals surface area contributed by atoms with Crippen molar-refractivity contribution in [2.75, 3.05) is 6.54 Å². The second kappa shape index (κ2) is 6.80. The Kier molecular flexibility index (Phi) is 5.17. The fraction of sp³-hybridized carbons (Fsp3) is 0.500. The molecular weight excluding hydrogens is 323 g/mol. The lowest BCUT2D eigenvalue weighted by Crippen LogP contribution is -2.56. The highest BCUT2D eigenvalue weighted by atomic mass is 19.4. The highest BCUT2D eigenvalue weighted by Gasteiger charge is 2.33. The van der Waals surface area contributed by atoms with Crippen molar-refractivity contribution in [2.24, 2.45) is 5.73 Å². The summed E-state index contributed by atoms with van der Waals surface area (Å²) in [5.41, 5.74) is 4.95. The Bertz CT molecular complexity index is 627. The molecule has 2 amide bonds. The molecule has 2 rings (SSSR count).